The molecule has 27 heavy (non-hydrogen) atoms. The summed E-state index contributed by atoms with van der Waals surface area (Å²) in [5.74, 6) is 0.250. The number of benzene rings is 1. The first-order chi connectivity index (χ1) is 13.0. The Morgan fingerprint density at radius 2 is 2.15 bits per heavy atom. The van der Waals surface area contributed by atoms with Crippen molar-refractivity contribution in [1.82, 2.24) is 15.1 Å². The Bertz CT molecular complexity index is 831. The molecule has 1 amide bonds. The number of aromatic amines is 1. The summed E-state index contributed by atoms with van der Waals surface area (Å²) in [4.78, 5) is 17.0. The summed E-state index contributed by atoms with van der Waals surface area (Å²) in [5, 5.41) is 17.7. The summed E-state index contributed by atoms with van der Waals surface area (Å²) in [7, 11) is 0. The van der Waals surface area contributed by atoms with Crippen LogP contribution in [0.3, 0.4) is 0 Å². The first kappa shape index (κ1) is 18.2. The number of hydrogen-bond donors (Lipinski definition) is 2. The molecule has 6 heteroatoms. The van der Waals surface area contributed by atoms with E-state index in [1.54, 1.807) is 0 Å². The minimum atomic E-state index is -0.411. The number of fused-ring (bicyclic) bond motifs is 1. The van der Waals surface area contributed by atoms with Crippen LogP contribution in [0.25, 0.3) is 0 Å². The van der Waals surface area contributed by atoms with Gasteiger partial charge in [-0.15, -0.1) is 0 Å². The first-order valence-corrected chi connectivity index (χ1v) is 9.81. The van der Waals surface area contributed by atoms with Gasteiger partial charge in [-0.2, -0.15) is 5.10 Å². The van der Waals surface area contributed by atoms with Gasteiger partial charge in [-0.25, -0.2) is 0 Å². The van der Waals surface area contributed by atoms with E-state index in [0.717, 1.165) is 49.4 Å². The van der Waals surface area contributed by atoms with Gasteiger partial charge < -0.3 is 10.0 Å². The monoisotopic (exact) mass is 368 g/mol. The maximum Gasteiger partial charge on any atom is 0.241 e. The molecule has 4 rings (SSSR count). The minimum Gasteiger partial charge on any atom is -0.391 e. The van der Waals surface area contributed by atoms with Crippen molar-refractivity contribution in [3.8, 4) is 0 Å². The normalized spacial score (nSPS) is 22.9. The number of H-pyrrole nitrogens is 1. The predicted molar refractivity (Wildman–Crippen MR) is 105 cm³/mol. The number of nitrogens with zero attached hydrogens (tertiary/aromatic N) is 3. The molecular formula is C21H28N4O2. The lowest BCUT2D eigenvalue weighted by Crippen LogP contribution is -2.42. The zero-order chi connectivity index (χ0) is 19.0. The number of anilines is 1. The van der Waals surface area contributed by atoms with Gasteiger partial charge in [-0.05, 0) is 50.8 Å². The average Bonchev–Trinajstić information content (AvgIpc) is 3.19. The zero-order valence-electron chi connectivity index (χ0n) is 16.1. The van der Waals surface area contributed by atoms with Crippen molar-refractivity contribution in [2.24, 2.45) is 5.92 Å². The second-order valence-electron chi connectivity index (χ2n) is 8.05. The molecule has 1 aromatic heterocycles. The number of carbonyl (C=O) groups is 1. The number of aryl methyl sites for hydroxylation is 3. The zero-order valence-corrected chi connectivity index (χ0v) is 16.1. The predicted octanol–water partition coefficient (Wildman–Crippen LogP) is 1.84. The molecule has 0 bridgehead atoms. The highest BCUT2D eigenvalue weighted by atomic mass is 16.3. The van der Waals surface area contributed by atoms with Crippen molar-refractivity contribution >= 4 is 11.6 Å². The molecule has 6 nitrogen and oxygen atoms in total. The fraction of sp³-hybridized carbons (Fsp3) is 0.524. The van der Waals surface area contributed by atoms with Crippen LogP contribution in [0.1, 0.15) is 28.9 Å². The van der Waals surface area contributed by atoms with Gasteiger partial charge in [0.15, 0.2) is 0 Å². The Morgan fingerprint density at radius 3 is 2.93 bits per heavy atom. The van der Waals surface area contributed by atoms with Crippen LogP contribution in [0.2, 0.25) is 0 Å². The minimum absolute atomic E-state index is 0.122. The fourth-order valence-electron chi connectivity index (χ4n) is 4.38. The van der Waals surface area contributed by atoms with Crippen molar-refractivity contribution in [2.45, 2.75) is 39.2 Å². The quantitative estimate of drug-likeness (QED) is 0.864. The van der Waals surface area contributed by atoms with E-state index in [-0.39, 0.29) is 11.8 Å². The van der Waals surface area contributed by atoms with E-state index < -0.39 is 6.10 Å². The third-order valence-corrected chi connectivity index (χ3v) is 5.73. The Morgan fingerprint density at radius 1 is 1.30 bits per heavy atom. The Hall–Kier alpha value is -2.18. The summed E-state index contributed by atoms with van der Waals surface area (Å²) in [6, 6.07) is 8.36. The molecule has 0 spiro atoms. The van der Waals surface area contributed by atoms with Crippen LogP contribution < -0.4 is 4.90 Å². The van der Waals surface area contributed by atoms with Gasteiger partial charge in [-0.3, -0.25) is 14.8 Å². The molecule has 2 aromatic rings. The summed E-state index contributed by atoms with van der Waals surface area (Å²) in [6.45, 7) is 6.49. The standard InChI is InChI=1S/C21H28N4O2/c1-14-5-6-19-16(8-14)4-3-7-25(19)21(27)13-24-11-17(20(26)12-24)10-18-9-15(2)22-23-18/h5-6,8-9,17,20,26H,3-4,7,10-13H2,1-2H3,(H,22,23)/t17-,20-/m1/s1. The van der Waals surface area contributed by atoms with Gasteiger partial charge >= 0.3 is 0 Å². The molecule has 1 aromatic carbocycles. The van der Waals surface area contributed by atoms with Crippen molar-refractivity contribution < 1.29 is 9.90 Å². The lowest BCUT2D eigenvalue weighted by atomic mass is 9.99. The molecule has 0 radical (unpaired) electrons. The van der Waals surface area contributed by atoms with Gasteiger partial charge in [0.2, 0.25) is 5.91 Å². The summed E-state index contributed by atoms with van der Waals surface area (Å²) < 4.78 is 0. The largest absolute Gasteiger partial charge is 0.391 e. The second kappa shape index (κ2) is 7.44. The molecule has 1 saturated heterocycles. The molecule has 0 unspecified atom stereocenters. The third kappa shape index (κ3) is 3.92. The summed E-state index contributed by atoms with van der Waals surface area (Å²) in [5.41, 5.74) is 5.57. The lowest BCUT2D eigenvalue weighted by molar-refractivity contribution is -0.119. The number of amides is 1. The number of likely N-dealkylation sites (tertiary alicyclic amines) is 1. The molecule has 0 saturated carbocycles. The smallest absolute Gasteiger partial charge is 0.241 e. The van der Waals surface area contributed by atoms with Crippen molar-refractivity contribution in [3.63, 3.8) is 0 Å². The number of aliphatic hydroxyl groups excluding tert-OH is 1. The van der Waals surface area contributed by atoms with Crippen molar-refractivity contribution in [3.05, 3.63) is 46.8 Å². The number of aromatic nitrogens is 2. The number of rotatable bonds is 4. The molecule has 2 N–H and O–H groups in total. The number of β-amino-alcohol motifs (C(OH)–C–C–N with tert-alkyl or cyclic N) is 1. The molecule has 3 heterocycles. The summed E-state index contributed by atoms with van der Waals surface area (Å²) >= 11 is 0. The van der Waals surface area contributed by atoms with Crippen molar-refractivity contribution in [2.75, 3.05) is 31.1 Å². The van der Waals surface area contributed by atoms with Gasteiger partial charge in [0, 0.05) is 36.9 Å². The molecule has 1 fully saturated rings. The van der Waals surface area contributed by atoms with Crippen molar-refractivity contribution in [1.29, 1.82) is 0 Å². The molecule has 2 aliphatic heterocycles. The van der Waals surface area contributed by atoms with Crippen LogP contribution in [0.15, 0.2) is 24.3 Å². The highest BCUT2D eigenvalue weighted by Crippen LogP contribution is 2.29. The van der Waals surface area contributed by atoms with Crippen LogP contribution in [0.5, 0.6) is 0 Å². The van der Waals surface area contributed by atoms with E-state index in [2.05, 4.69) is 40.2 Å². The molecule has 2 aliphatic rings. The highest BCUT2D eigenvalue weighted by molar-refractivity contribution is 5.96. The average molecular weight is 368 g/mol. The van der Waals surface area contributed by atoms with Gasteiger partial charge in [-0.1, -0.05) is 17.7 Å². The molecular weight excluding hydrogens is 340 g/mol. The molecule has 0 aliphatic carbocycles. The van der Waals surface area contributed by atoms with E-state index in [0.29, 0.717) is 13.1 Å². The van der Waals surface area contributed by atoms with Gasteiger partial charge in [0.05, 0.1) is 18.3 Å². The Labute approximate surface area is 160 Å². The fourth-order valence-corrected chi connectivity index (χ4v) is 4.38. The maximum atomic E-state index is 13.0. The van der Waals surface area contributed by atoms with E-state index in [1.165, 1.54) is 11.1 Å². The van der Waals surface area contributed by atoms with E-state index in [1.807, 2.05) is 17.9 Å². The first-order valence-electron chi connectivity index (χ1n) is 9.81. The topological polar surface area (TPSA) is 72.5 Å². The van der Waals surface area contributed by atoms with Gasteiger partial charge in [0.1, 0.15) is 0 Å². The van der Waals surface area contributed by atoms with Crippen LogP contribution in [-0.4, -0.2) is 58.4 Å². The van der Waals surface area contributed by atoms with Crippen LogP contribution in [-0.2, 0) is 17.6 Å². The molecule has 144 valence electrons. The number of carbonyl (C=O) groups excluding carboxylic acids is 1. The number of nitrogens with one attached hydrogen (secondary N) is 1. The highest BCUT2D eigenvalue weighted by Gasteiger charge is 2.34. The Kier molecular flexibility index (Phi) is 5.02. The number of aliphatic hydroxyl groups is 1. The van der Waals surface area contributed by atoms with E-state index >= 15 is 0 Å². The maximum absolute atomic E-state index is 13.0. The van der Waals surface area contributed by atoms with Crippen LogP contribution in [0, 0.1) is 19.8 Å². The molecule has 2 atom stereocenters. The number of hydrogen-bond acceptors (Lipinski definition) is 4. The van der Waals surface area contributed by atoms with Crippen LogP contribution >= 0.6 is 0 Å². The SMILES string of the molecule is Cc1ccc2c(c1)CCCN2C(=O)CN1C[C@@H](Cc2cc(C)[nH]n2)[C@H](O)C1. The van der Waals surface area contributed by atoms with E-state index in [4.69, 9.17) is 0 Å². The van der Waals surface area contributed by atoms with E-state index in [9.17, 15) is 9.90 Å². The summed E-state index contributed by atoms with van der Waals surface area (Å²) in [6.07, 6.45) is 2.37. The third-order valence-electron chi connectivity index (χ3n) is 5.73. The van der Waals surface area contributed by atoms with Crippen LogP contribution in [0.4, 0.5) is 5.69 Å². The second-order valence-corrected chi connectivity index (χ2v) is 8.05. The lowest BCUT2D eigenvalue weighted by Gasteiger charge is -2.31. The van der Waals surface area contributed by atoms with Gasteiger partial charge in [0.25, 0.3) is 0 Å². The Balaban J connectivity index is 1.39.